The van der Waals surface area contributed by atoms with Crippen LogP contribution in [0.3, 0.4) is 0 Å². The third-order valence-electron chi connectivity index (χ3n) is 7.21. The van der Waals surface area contributed by atoms with Crippen LogP contribution in [0.2, 0.25) is 0 Å². The minimum absolute atomic E-state index is 0.153. The monoisotopic (exact) mass is 575 g/mol. The molecule has 7 nitrogen and oxygen atoms in total. The number of aryl methyl sites for hydroxylation is 1. The van der Waals surface area contributed by atoms with Crippen molar-refractivity contribution in [3.05, 3.63) is 70.9 Å². The molecule has 218 valence electrons. The number of amides is 1. The molecule has 41 heavy (non-hydrogen) atoms. The molecule has 0 aliphatic carbocycles. The summed E-state index contributed by atoms with van der Waals surface area (Å²) in [6, 6.07) is 15.8. The Morgan fingerprint density at radius 1 is 0.878 bits per heavy atom. The highest BCUT2D eigenvalue weighted by Crippen LogP contribution is 2.27. The van der Waals surface area contributed by atoms with Crippen molar-refractivity contribution in [1.82, 2.24) is 15.0 Å². The maximum absolute atomic E-state index is 13.0. The van der Waals surface area contributed by atoms with Gasteiger partial charge in [-0.3, -0.25) is 4.79 Å². The van der Waals surface area contributed by atoms with E-state index >= 15 is 0 Å². The van der Waals surface area contributed by atoms with Crippen LogP contribution in [0.4, 0.5) is 0 Å². The molecule has 2 heterocycles. The van der Waals surface area contributed by atoms with E-state index in [-0.39, 0.29) is 13.2 Å². The van der Waals surface area contributed by atoms with E-state index in [1.807, 2.05) is 47.8 Å². The second-order valence-electron chi connectivity index (χ2n) is 10.4. The van der Waals surface area contributed by atoms with Gasteiger partial charge in [0.05, 0.1) is 6.61 Å². The molecule has 4 rings (SSSR count). The van der Waals surface area contributed by atoms with Gasteiger partial charge in [-0.25, -0.2) is 4.79 Å². The lowest BCUT2D eigenvalue weighted by atomic mass is 10.1. The molecule has 4 aromatic rings. The molecule has 2 aromatic heterocycles. The van der Waals surface area contributed by atoms with Crippen LogP contribution >= 0.6 is 11.3 Å². The molecule has 0 fully saturated rings. The van der Waals surface area contributed by atoms with Crippen molar-refractivity contribution in [3.63, 3.8) is 0 Å². The van der Waals surface area contributed by atoms with Gasteiger partial charge in [0.25, 0.3) is 5.89 Å². The number of hydrogen-bond acceptors (Lipinski definition) is 7. The first kappa shape index (κ1) is 30.4. The number of carbonyl (C=O) groups excluding carboxylic acids is 2. The number of unbranched alkanes of at least 4 members (excludes halogenated alkanes) is 8. The van der Waals surface area contributed by atoms with E-state index in [0.717, 1.165) is 45.4 Å². The quantitative estimate of drug-likeness (QED) is 0.0762. The van der Waals surface area contributed by atoms with Gasteiger partial charge < -0.3 is 14.2 Å². The van der Waals surface area contributed by atoms with Gasteiger partial charge in [0.1, 0.15) is 0 Å². The minimum atomic E-state index is -0.839. The highest BCUT2D eigenvalue weighted by atomic mass is 32.1. The molecule has 8 heteroatoms. The van der Waals surface area contributed by atoms with Crippen molar-refractivity contribution >= 4 is 33.3 Å². The Labute approximate surface area is 246 Å². The zero-order chi connectivity index (χ0) is 28.9. The SMILES string of the molecule is CCCCCCCCCCCc1noc(-c2ccc(CN(Cc3csc4ccccc34)C(=O)C(=O)OCC)cc2)n1. The molecule has 0 aliphatic heterocycles. The molecule has 0 bridgehead atoms. The second-order valence-corrected chi connectivity index (χ2v) is 11.3. The fourth-order valence-corrected chi connectivity index (χ4v) is 5.88. The zero-order valence-electron chi connectivity index (χ0n) is 24.3. The number of carbonyl (C=O) groups is 2. The van der Waals surface area contributed by atoms with Crippen LogP contribution in [0.1, 0.15) is 88.6 Å². The molecular formula is C33H41N3O4S. The average molecular weight is 576 g/mol. The number of aromatic nitrogens is 2. The van der Waals surface area contributed by atoms with E-state index in [2.05, 4.69) is 23.1 Å². The van der Waals surface area contributed by atoms with Crippen LogP contribution < -0.4 is 0 Å². The topological polar surface area (TPSA) is 85.5 Å². The van der Waals surface area contributed by atoms with E-state index < -0.39 is 11.9 Å². The van der Waals surface area contributed by atoms with Crippen molar-refractivity contribution in [3.8, 4) is 11.5 Å². The van der Waals surface area contributed by atoms with Crippen LogP contribution in [0.25, 0.3) is 21.5 Å². The predicted octanol–water partition coefficient (Wildman–Crippen LogP) is 8.12. The first-order chi connectivity index (χ1) is 20.1. The van der Waals surface area contributed by atoms with Gasteiger partial charge in [0.2, 0.25) is 0 Å². The summed E-state index contributed by atoms with van der Waals surface area (Å²) in [5, 5.41) is 7.30. The van der Waals surface area contributed by atoms with Gasteiger partial charge in [-0.2, -0.15) is 4.98 Å². The van der Waals surface area contributed by atoms with Crippen LogP contribution in [-0.2, 0) is 33.8 Å². The molecule has 0 radical (unpaired) electrons. The summed E-state index contributed by atoms with van der Waals surface area (Å²) in [5.74, 6) is -0.258. The van der Waals surface area contributed by atoms with Crippen molar-refractivity contribution in [1.29, 1.82) is 0 Å². The molecule has 0 unspecified atom stereocenters. The molecule has 0 spiro atoms. The van der Waals surface area contributed by atoms with Gasteiger partial charge >= 0.3 is 11.9 Å². The zero-order valence-corrected chi connectivity index (χ0v) is 25.1. The van der Waals surface area contributed by atoms with E-state index in [4.69, 9.17) is 9.26 Å². The molecule has 0 atom stereocenters. The van der Waals surface area contributed by atoms with E-state index in [1.54, 1.807) is 18.3 Å². The Hall–Kier alpha value is -3.52. The largest absolute Gasteiger partial charge is 0.459 e. The van der Waals surface area contributed by atoms with Crippen LogP contribution in [0, 0.1) is 0 Å². The highest BCUT2D eigenvalue weighted by molar-refractivity contribution is 7.17. The molecule has 0 aliphatic rings. The Balaban J connectivity index is 1.33. The summed E-state index contributed by atoms with van der Waals surface area (Å²) in [6.07, 6.45) is 12.3. The number of ether oxygens (including phenoxy) is 1. The van der Waals surface area contributed by atoms with Crippen molar-refractivity contribution in [2.75, 3.05) is 6.61 Å². The first-order valence-electron chi connectivity index (χ1n) is 14.9. The van der Waals surface area contributed by atoms with Crippen molar-refractivity contribution < 1.29 is 18.8 Å². The van der Waals surface area contributed by atoms with Gasteiger partial charge in [0, 0.05) is 29.8 Å². The van der Waals surface area contributed by atoms with Gasteiger partial charge in [-0.15, -0.1) is 11.3 Å². The van der Waals surface area contributed by atoms with Crippen molar-refractivity contribution in [2.45, 2.75) is 91.1 Å². The Bertz CT molecular complexity index is 1380. The van der Waals surface area contributed by atoms with Gasteiger partial charge in [-0.1, -0.05) is 93.8 Å². The Morgan fingerprint density at radius 2 is 1.59 bits per heavy atom. The number of thiophene rings is 1. The lowest BCUT2D eigenvalue weighted by Crippen LogP contribution is -2.36. The van der Waals surface area contributed by atoms with Gasteiger partial charge in [-0.05, 0) is 53.4 Å². The number of fused-ring (bicyclic) bond motifs is 1. The van der Waals surface area contributed by atoms with Crippen LogP contribution in [-0.4, -0.2) is 33.5 Å². The number of hydrogen-bond donors (Lipinski definition) is 0. The molecule has 0 saturated heterocycles. The fourth-order valence-electron chi connectivity index (χ4n) is 4.92. The molecule has 2 aromatic carbocycles. The summed E-state index contributed by atoms with van der Waals surface area (Å²) in [7, 11) is 0. The maximum atomic E-state index is 13.0. The highest BCUT2D eigenvalue weighted by Gasteiger charge is 2.24. The Kier molecular flexibility index (Phi) is 11.9. The van der Waals surface area contributed by atoms with Crippen LogP contribution in [0.15, 0.2) is 58.4 Å². The summed E-state index contributed by atoms with van der Waals surface area (Å²) in [5.41, 5.74) is 2.72. The summed E-state index contributed by atoms with van der Waals surface area (Å²) in [4.78, 5) is 31.5. The third-order valence-corrected chi connectivity index (χ3v) is 8.22. The van der Waals surface area contributed by atoms with Crippen LogP contribution in [0.5, 0.6) is 0 Å². The van der Waals surface area contributed by atoms with Crippen molar-refractivity contribution in [2.24, 2.45) is 0 Å². The molecular weight excluding hydrogens is 534 g/mol. The van der Waals surface area contributed by atoms with E-state index in [0.29, 0.717) is 12.4 Å². The molecule has 0 N–H and O–H groups in total. The summed E-state index contributed by atoms with van der Waals surface area (Å²) in [6.45, 7) is 4.69. The standard InChI is InChI=1S/C33H41N3O4S/c1-3-5-6-7-8-9-10-11-12-17-30-34-31(40-35-30)26-20-18-25(19-21-26)22-36(32(37)33(38)39-4-2)23-27-24-41-29-16-14-13-15-28(27)29/h13-16,18-21,24H,3-12,17,22-23H2,1-2H3. The van der Waals surface area contributed by atoms with E-state index in [9.17, 15) is 9.59 Å². The minimum Gasteiger partial charge on any atom is -0.459 e. The van der Waals surface area contributed by atoms with E-state index in [1.165, 1.54) is 56.3 Å². The number of rotatable bonds is 16. The maximum Gasteiger partial charge on any atom is 0.397 e. The Morgan fingerprint density at radius 3 is 2.32 bits per heavy atom. The third kappa shape index (κ3) is 8.98. The number of benzene rings is 2. The lowest BCUT2D eigenvalue weighted by Gasteiger charge is -2.22. The van der Waals surface area contributed by atoms with Gasteiger partial charge in [0.15, 0.2) is 5.82 Å². The second kappa shape index (κ2) is 16.1. The normalized spacial score (nSPS) is 11.2. The summed E-state index contributed by atoms with van der Waals surface area (Å²) >= 11 is 1.63. The smallest absolute Gasteiger partial charge is 0.397 e. The fraction of sp³-hybridized carbons (Fsp3) is 0.455. The molecule has 1 amide bonds. The average Bonchev–Trinajstić information content (AvgIpc) is 3.63. The lowest BCUT2D eigenvalue weighted by molar-refractivity contribution is -0.160. The molecule has 0 saturated carbocycles. The predicted molar refractivity (Wildman–Crippen MR) is 163 cm³/mol. The number of esters is 1. The summed E-state index contributed by atoms with van der Waals surface area (Å²) < 4.78 is 11.7. The first-order valence-corrected chi connectivity index (χ1v) is 15.8. The number of nitrogens with zero attached hydrogens (tertiary/aromatic N) is 3.